The van der Waals surface area contributed by atoms with Gasteiger partial charge in [-0.25, -0.2) is 0 Å². The molecular weight excluding hydrogens is 250 g/mol. The Labute approximate surface area is 111 Å². The van der Waals surface area contributed by atoms with E-state index in [0.29, 0.717) is 12.3 Å². The molecule has 0 aromatic carbocycles. The van der Waals surface area contributed by atoms with E-state index in [4.69, 9.17) is 0 Å². The number of hydrogen-bond acceptors (Lipinski definition) is 4. The van der Waals surface area contributed by atoms with E-state index in [1.54, 1.807) is 0 Å². The highest BCUT2D eigenvalue weighted by atomic mass is 32.1. The van der Waals surface area contributed by atoms with Crippen LogP contribution in [0.25, 0.3) is 0 Å². The molecule has 0 radical (unpaired) electrons. The van der Waals surface area contributed by atoms with Crippen LogP contribution in [0, 0.1) is 5.92 Å². The van der Waals surface area contributed by atoms with Crippen molar-refractivity contribution in [3.05, 3.63) is 22.4 Å². The van der Waals surface area contributed by atoms with E-state index >= 15 is 0 Å². The third kappa shape index (κ3) is 4.87. The molecule has 0 aliphatic rings. The van der Waals surface area contributed by atoms with E-state index in [1.165, 1.54) is 18.4 Å². The van der Waals surface area contributed by atoms with Crippen molar-refractivity contribution >= 4 is 23.2 Å². The van der Waals surface area contributed by atoms with Crippen LogP contribution in [0.3, 0.4) is 0 Å². The predicted octanol–water partition coefficient (Wildman–Crippen LogP) is 2.51. The maximum Gasteiger partial charge on any atom is 0.307 e. The fraction of sp³-hybridized carbons (Fsp3) is 0.538. The minimum absolute atomic E-state index is 0.0349. The Morgan fingerprint density at radius 2 is 2.11 bits per heavy atom. The molecule has 18 heavy (non-hydrogen) atoms. The largest absolute Gasteiger partial charge is 0.469 e. The maximum atomic E-state index is 11.8. The Morgan fingerprint density at radius 3 is 2.61 bits per heavy atom. The summed E-state index contributed by atoms with van der Waals surface area (Å²) in [5.41, 5.74) is 0. The lowest BCUT2D eigenvalue weighted by Gasteiger charge is -2.17. The molecule has 1 unspecified atom stereocenters. The molecule has 0 aliphatic heterocycles. The smallest absolute Gasteiger partial charge is 0.307 e. The minimum atomic E-state index is -0.321. The molecule has 4 nitrogen and oxygen atoms in total. The van der Waals surface area contributed by atoms with Crippen LogP contribution in [0.15, 0.2) is 17.5 Å². The molecule has 0 spiro atoms. The van der Waals surface area contributed by atoms with Crippen molar-refractivity contribution in [1.29, 1.82) is 0 Å². The lowest BCUT2D eigenvalue weighted by molar-refractivity contribution is -0.141. The molecule has 0 aliphatic carbocycles. The third-order valence-corrected chi connectivity index (χ3v) is 3.40. The average molecular weight is 269 g/mol. The monoisotopic (exact) mass is 269 g/mol. The molecule has 1 rings (SSSR count). The molecule has 100 valence electrons. The second kappa shape index (κ2) is 7.16. The van der Waals surface area contributed by atoms with Gasteiger partial charge in [0, 0.05) is 11.3 Å². The van der Waals surface area contributed by atoms with Gasteiger partial charge in [0.1, 0.15) is 0 Å². The van der Waals surface area contributed by atoms with Crippen LogP contribution in [0.4, 0.5) is 0 Å². The van der Waals surface area contributed by atoms with Gasteiger partial charge in [0.2, 0.25) is 5.91 Å². The highest BCUT2D eigenvalue weighted by Crippen LogP contribution is 2.22. The van der Waals surface area contributed by atoms with Crippen molar-refractivity contribution < 1.29 is 14.3 Å². The number of ether oxygens (including phenoxy) is 1. The highest BCUT2D eigenvalue weighted by molar-refractivity contribution is 7.10. The quantitative estimate of drug-likeness (QED) is 0.807. The summed E-state index contributed by atoms with van der Waals surface area (Å²) in [6.45, 7) is 3.97. The number of rotatable bonds is 6. The van der Waals surface area contributed by atoms with Crippen LogP contribution < -0.4 is 5.32 Å². The Kier molecular flexibility index (Phi) is 5.85. The van der Waals surface area contributed by atoms with E-state index in [2.05, 4.69) is 10.1 Å². The number of methoxy groups -OCH3 is 1. The molecule has 1 aromatic heterocycles. The van der Waals surface area contributed by atoms with Gasteiger partial charge in [-0.1, -0.05) is 19.9 Å². The summed E-state index contributed by atoms with van der Waals surface area (Å²) in [4.78, 5) is 24.1. The molecule has 1 N–H and O–H groups in total. The van der Waals surface area contributed by atoms with Crippen molar-refractivity contribution in [1.82, 2.24) is 5.32 Å². The second-order valence-electron chi connectivity index (χ2n) is 4.51. The van der Waals surface area contributed by atoms with Crippen LogP contribution in [-0.2, 0) is 14.3 Å². The number of nitrogens with one attached hydrogen (secondary N) is 1. The molecule has 1 heterocycles. The van der Waals surface area contributed by atoms with Crippen LogP contribution in [0.5, 0.6) is 0 Å². The van der Waals surface area contributed by atoms with Gasteiger partial charge in [0.15, 0.2) is 0 Å². The second-order valence-corrected chi connectivity index (χ2v) is 5.49. The number of amides is 1. The third-order valence-electron chi connectivity index (χ3n) is 2.41. The molecule has 0 bridgehead atoms. The first-order chi connectivity index (χ1) is 8.52. The van der Waals surface area contributed by atoms with Gasteiger partial charge in [-0.15, -0.1) is 11.3 Å². The van der Waals surface area contributed by atoms with Crippen molar-refractivity contribution in [3.63, 3.8) is 0 Å². The van der Waals surface area contributed by atoms with E-state index in [0.717, 1.165) is 4.88 Å². The fourth-order valence-electron chi connectivity index (χ4n) is 1.59. The summed E-state index contributed by atoms with van der Waals surface area (Å²) in [6, 6.07) is 3.52. The molecular formula is C13H19NO3S. The topological polar surface area (TPSA) is 55.4 Å². The zero-order chi connectivity index (χ0) is 13.5. The van der Waals surface area contributed by atoms with Crippen LogP contribution in [0.2, 0.25) is 0 Å². The number of esters is 1. The normalized spacial score (nSPS) is 12.2. The number of carbonyl (C=O) groups is 2. The Morgan fingerprint density at radius 1 is 1.39 bits per heavy atom. The zero-order valence-corrected chi connectivity index (χ0v) is 11.8. The molecule has 1 amide bonds. The van der Waals surface area contributed by atoms with Gasteiger partial charge >= 0.3 is 5.97 Å². The summed E-state index contributed by atoms with van der Waals surface area (Å²) in [5, 5.41) is 4.81. The van der Waals surface area contributed by atoms with E-state index in [-0.39, 0.29) is 24.3 Å². The molecule has 0 saturated carbocycles. The van der Waals surface area contributed by atoms with Gasteiger partial charge in [-0.2, -0.15) is 0 Å². The van der Waals surface area contributed by atoms with Crippen molar-refractivity contribution in [2.24, 2.45) is 5.92 Å². The summed E-state index contributed by atoms with van der Waals surface area (Å²) >= 11 is 1.52. The van der Waals surface area contributed by atoms with Crippen molar-refractivity contribution in [3.8, 4) is 0 Å². The Hall–Kier alpha value is -1.36. The SMILES string of the molecule is COC(=O)CC(NC(=O)CC(C)C)c1cccs1. The molecule has 0 saturated heterocycles. The predicted molar refractivity (Wildman–Crippen MR) is 71.3 cm³/mol. The van der Waals surface area contributed by atoms with Gasteiger partial charge in [-0.05, 0) is 17.4 Å². The summed E-state index contributed by atoms with van der Waals surface area (Å²) < 4.78 is 4.66. The standard InChI is InChI=1S/C13H19NO3S/c1-9(2)7-12(15)14-10(8-13(16)17-3)11-5-4-6-18-11/h4-6,9-10H,7-8H2,1-3H3,(H,14,15). The molecule has 1 aromatic rings. The van der Waals surface area contributed by atoms with E-state index < -0.39 is 0 Å². The van der Waals surface area contributed by atoms with Crippen LogP contribution in [0.1, 0.15) is 37.6 Å². The maximum absolute atomic E-state index is 11.8. The van der Waals surface area contributed by atoms with Gasteiger partial charge in [0.05, 0.1) is 19.6 Å². The van der Waals surface area contributed by atoms with Gasteiger partial charge < -0.3 is 10.1 Å². The Balaban J connectivity index is 2.66. The van der Waals surface area contributed by atoms with Crippen molar-refractivity contribution in [2.45, 2.75) is 32.7 Å². The first-order valence-electron chi connectivity index (χ1n) is 5.92. The minimum Gasteiger partial charge on any atom is -0.469 e. The van der Waals surface area contributed by atoms with E-state index in [1.807, 2.05) is 31.4 Å². The highest BCUT2D eigenvalue weighted by Gasteiger charge is 2.20. The summed E-state index contributed by atoms with van der Waals surface area (Å²) in [5.74, 6) is -0.0577. The summed E-state index contributed by atoms with van der Waals surface area (Å²) in [7, 11) is 1.35. The number of hydrogen-bond donors (Lipinski definition) is 1. The molecule has 0 fully saturated rings. The first-order valence-corrected chi connectivity index (χ1v) is 6.80. The van der Waals surface area contributed by atoms with Crippen LogP contribution >= 0.6 is 11.3 Å². The lowest BCUT2D eigenvalue weighted by Crippen LogP contribution is -2.30. The average Bonchev–Trinajstić information content (AvgIpc) is 2.80. The number of carbonyl (C=O) groups excluding carboxylic acids is 2. The van der Waals surface area contributed by atoms with E-state index in [9.17, 15) is 9.59 Å². The lowest BCUT2D eigenvalue weighted by atomic mass is 10.1. The van der Waals surface area contributed by atoms with Crippen LogP contribution in [-0.4, -0.2) is 19.0 Å². The van der Waals surface area contributed by atoms with Crippen molar-refractivity contribution in [2.75, 3.05) is 7.11 Å². The number of thiophene rings is 1. The first kappa shape index (κ1) is 14.7. The fourth-order valence-corrected chi connectivity index (χ4v) is 2.36. The molecule has 5 heteroatoms. The Bertz CT molecular complexity index is 387. The zero-order valence-electron chi connectivity index (χ0n) is 10.9. The van der Waals surface area contributed by atoms with Gasteiger partial charge in [0.25, 0.3) is 0 Å². The van der Waals surface area contributed by atoms with Gasteiger partial charge in [-0.3, -0.25) is 9.59 Å². The molecule has 1 atom stereocenters. The summed E-state index contributed by atoms with van der Waals surface area (Å²) in [6.07, 6.45) is 0.629.